The van der Waals surface area contributed by atoms with E-state index < -0.39 is 5.92 Å². The van der Waals surface area contributed by atoms with Gasteiger partial charge in [0.25, 0.3) is 0 Å². The molecular formula is C28H22N2O6. The highest BCUT2D eigenvalue weighted by Crippen LogP contribution is 2.42. The normalized spacial score (nSPS) is 13.2. The van der Waals surface area contributed by atoms with Gasteiger partial charge in [-0.2, -0.15) is 0 Å². The molecule has 5 aromatic rings. The van der Waals surface area contributed by atoms with Gasteiger partial charge < -0.3 is 29.3 Å². The third-order valence-electron chi connectivity index (χ3n) is 6.53. The maximum atomic E-state index is 13.4. The van der Waals surface area contributed by atoms with Crippen molar-refractivity contribution in [3.63, 3.8) is 0 Å². The maximum absolute atomic E-state index is 13.4. The molecule has 180 valence electrons. The summed E-state index contributed by atoms with van der Waals surface area (Å²) in [6, 6.07) is 17.8. The van der Waals surface area contributed by atoms with Crippen molar-refractivity contribution >= 4 is 27.8 Å². The number of amides is 1. The molecule has 3 heterocycles. The number of aromatic amines is 1. The van der Waals surface area contributed by atoms with Crippen molar-refractivity contribution in [3.8, 4) is 17.2 Å². The van der Waals surface area contributed by atoms with Crippen LogP contribution in [0.4, 0.5) is 0 Å². The van der Waals surface area contributed by atoms with E-state index in [4.69, 9.17) is 13.9 Å². The fourth-order valence-electron chi connectivity index (χ4n) is 4.70. The summed E-state index contributed by atoms with van der Waals surface area (Å²) in [7, 11) is 0. The monoisotopic (exact) mass is 482 g/mol. The standard InChI is InChI=1S/C28H22N2O6/c31-23-12-26-25(35-15-36-26)10-20(23)19(21-14-34-24-7-2-1-5-18(24)28(21)33)11-27(32)30-13-16-4-3-6-22-17(16)8-9-29-22/h1-10,12,14,19,29,31H,11,13,15H2,(H,30,32)/t19-/m0/s1. The number of para-hydroxylation sites is 1. The number of hydrogen-bond acceptors (Lipinski definition) is 6. The van der Waals surface area contributed by atoms with Crippen LogP contribution in [0, 0.1) is 0 Å². The molecule has 0 bridgehead atoms. The Morgan fingerprint density at radius 3 is 2.72 bits per heavy atom. The molecule has 0 radical (unpaired) electrons. The smallest absolute Gasteiger partial charge is 0.231 e. The summed E-state index contributed by atoms with van der Waals surface area (Å²) in [6.45, 7) is 0.354. The molecule has 2 aromatic heterocycles. The molecule has 1 amide bonds. The molecule has 0 saturated heterocycles. The Morgan fingerprint density at radius 2 is 1.83 bits per heavy atom. The lowest BCUT2D eigenvalue weighted by atomic mass is 9.87. The van der Waals surface area contributed by atoms with Crippen LogP contribution in [0.2, 0.25) is 0 Å². The zero-order valence-corrected chi connectivity index (χ0v) is 19.1. The van der Waals surface area contributed by atoms with Gasteiger partial charge >= 0.3 is 0 Å². The first kappa shape index (κ1) is 21.8. The van der Waals surface area contributed by atoms with Crippen LogP contribution in [0.15, 0.2) is 82.3 Å². The second kappa shape index (κ2) is 8.81. The van der Waals surface area contributed by atoms with Gasteiger partial charge in [-0.15, -0.1) is 0 Å². The highest BCUT2D eigenvalue weighted by Gasteiger charge is 2.28. The lowest BCUT2D eigenvalue weighted by Gasteiger charge is -2.19. The van der Waals surface area contributed by atoms with Gasteiger partial charge in [0.05, 0.1) is 11.6 Å². The number of rotatable bonds is 6. The second-order valence-electron chi connectivity index (χ2n) is 8.67. The van der Waals surface area contributed by atoms with E-state index in [0.29, 0.717) is 34.6 Å². The van der Waals surface area contributed by atoms with Crippen molar-refractivity contribution in [3.05, 3.63) is 100 Å². The highest BCUT2D eigenvalue weighted by atomic mass is 16.7. The Morgan fingerprint density at radius 1 is 1.00 bits per heavy atom. The van der Waals surface area contributed by atoms with E-state index in [9.17, 15) is 14.7 Å². The number of aromatic nitrogens is 1. The Hall–Kier alpha value is -4.72. The van der Waals surface area contributed by atoms with Gasteiger partial charge in [-0.25, -0.2) is 0 Å². The highest BCUT2D eigenvalue weighted by molar-refractivity contribution is 5.84. The fraction of sp³-hybridized carbons (Fsp3) is 0.143. The van der Waals surface area contributed by atoms with Crippen molar-refractivity contribution < 1.29 is 23.8 Å². The molecule has 3 N–H and O–H groups in total. The van der Waals surface area contributed by atoms with E-state index in [0.717, 1.165) is 16.5 Å². The molecule has 1 aliphatic heterocycles. The number of H-pyrrole nitrogens is 1. The van der Waals surface area contributed by atoms with Crippen LogP contribution in [0.5, 0.6) is 17.2 Å². The van der Waals surface area contributed by atoms with E-state index in [2.05, 4.69) is 10.3 Å². The topological polar surface area (TPSA) is 114 Å². The molecule has 0 spiro atoms. The van der Waals surface area contributed by atoms with Gasteiger partial charge in [0.2, 0.25) is 12.7 Å². The number of fused-ring (bicyclic) bond motifs is 3. The molecule has 8 heteroatoms. The minimum absolute atomic E-state index is 0.0339. The molecule has 6 rings (SSSR count). The van der Waals surface area contributed by atoms with Gasteiger partial charge in [-0.1, -0.05) is 24.3 Å². The van der Waals surface area contributed by atoms with Crippen LogP contribution in [0.25, 0.3) is 21.9 Å². The van der Waals surface area contributed by atoms with Crippen LogP contribution in [-0.4, -0.2) is 22.8 Å². The quantitative estimate of drug-likeness (QED) is 0.327. The zero-order valence-electron chi connectivity index (χ0n) is 19.1. The molecule has 0 fully saturated rings. The maximum Gasteiger partial charge on any atom is 0.231 e. The van der Waals surface area contributed by atoms with Gasteiger partial charge in [0.15, 0.2) is 16.9 Å². The number of nitrogens with one attached hydrogen (secondary N) is 2. The van der Waals surface area contributed by atoms with Crippen LogP contribution >= 0.6 is 0 Å². The van der Waals surface area contributed by atoms with E-state index >= 15 is 0 Å². The van der Waals surface area contributed by atoms with Crippen LogP contribution in [-0.2, 0) is 11.3 Å². The minimum Gasteiger partial charge on any atom is -0.508 e. The molecule has 1 aliphatic rings. The van der Waals surface area contributed by atoms with Crippen molar-refractivity contribution in [2.24, 2.45) is 0 Å². The third-order valence-corrected chi connectivity index (χ3v) is 6.53. The Balaban J connectivity index is 1.36. The largest absolute Gasteiger partial charge is 0.508 e. The first-order chi connectivity index (χ1) is 17.6. The first-order valence-electron chi connectivity index (χ1n) is 11.5. The summed E-state index contributed by atoms with van der Waals surface area (Å²) in [6.07, 6.45) is 3.14. The number of ether oxygens (including phenoxy) is 2. The van der Waals surface area contributed by atoms with E-state index in [1.807, 2.05) is 30.5 Å². The summed E-state index contributed by atoms with van der Waals surface area (Å²) in [5.41, 5.74) is 2.79. The molecule has 0 aliphatic carbocycles. The third kappa shape index (κ3) is 3.82. The van der Waals surface area contributed by atoms with Crippen molar-refractivity contribution in [2.45, 2.75) is 18.9 Å². The molecule has 3 aromatic carbocycles. The number of phenols is 1. The van der Waals surface area contributed by atoms with Crippen LogP contribution < -0.4 is 20.2 Å². The molecule has 1 atom stereocenters. The number of phenolic OH excluding ortho intramolecular Hbond substituents is 1. The Kier molecular flexibility index (Phi) is 5.33. The molecule has 36 heavy (non-hydrogen) atoms. The summed E-state index contributed by atoms with van der Waals surface area (Å²) in [4.78, 5) is 29.8. The van der Waals surface area contributed by atoms with Gasteiger partial charge in [0, 0.05) is 53.2 Å². The average molecular weight is 482 g/mol. The molecule has 8 nitrogen and oxygen atoms in total. The van der Waals surface area contributed by atoms with Crippen molar-refractivity contribution in [1.29, 1.82) is 0 Å². The van der Waals surface area contributed by atoms with E-state index in [1.165, 1.54) is 12.3 Å². The summed E-state index contributed by atoms with van der Waals surface area (Å²) < 4.78 is 16.6. The van der Waals surface area contributed by atoms with Crippen molar-refractivity contribution in [2.75, 3.05) is 6.79 Å². The molecule has 0 unspecified atom stereocenters. The lowest BCUT2D eigenvalue weighted by Crippen LogP contribution is -2.26. The van der Waals surface area contributed by atoms with Gasteiger partial charge in [0.1, 0.15) is 11.3 Å². The number of carbonyl (C=O) groups is 1. The second-order valence-corrected chi connectivity index (χ2v) is 8.67. The average Bonchev–Trinajstić information content (AvgIpc) is 3.56. The van der Waals surface area contributed by atoms with Gasteiger partial charge in [-0.05, 0) is 35.9 Å². The van der Waals surface area contributed by atoms with Crippen molar-refractivity contribution in [1.82, 2.24) is 10.3 Å². The van der Waals surface area contributed by atoms with E-state index in [-0.39, 0.29) is 35.9 Å². The van der Waals surface area contributed by atoms with Crippen LogP contribution in [0.3, 0.4) is 0 Å². The van der Waals surface area contributed by atoms with E-state index in [1.54, 1.807) is 30.3 Å². The number of carbonyl (C=O) groups excluding carboxylic acids is 1. The zero-order chi connectivity index (χ0) is 24.6. The Labute approximate surface area is 205 Å². The summed E-state index contributed by atoms with van der Waals surface area (Å²) >= 11 is 0. The predicted molar refractivity (Wildman–Crippen MR) is 133 cm³/mol. The Bertz CT molecular complexity index is 1670. The minimum atomic E-state index is -0.775. The number of aromatic hydroxyl groups is 1. The summed E-state index contributed by atoms with van der Waals surface area (Å²) in [5.74, 6) is -0.301. The van der Waals surface area contributed by atoms with Crippen LogP contribution in [0.1, 0.15) is 29.0 Å². The molecular weight excluding hydrogens is 460 g/mol. The van der Waals surface area contributed by atoms with Gasteiger partial charge in [-0.3, -0.25) is 9.59 Å². The fourth-order valence-corrected chi connectivity index (χ4v) is 4.70. The predicted octanol–water partition coefficient (Wildman–Crippen LogP) is 4.55. The first-order valence-corrected chi connectivity index (χ1v) is 11.5. The summed E-state index contributed by atoms with van der Waals surface area (Å²) in [5, 5.41) is 15.2. The SMILES string of the molecule is O=C(C[C@@H](c1cc2c(cc1O)OCO2)c1coc2ccccc2c1=O)NCc1cccc2[nH]ccc12. The number of hydrogen-bond donors (Lipinski definition) is 3. The lowest BCUT2D eigenvalue weighted by molar-refractivity contribution is -0.121. The number of benzene rings is 3. The molecule has 0 saturated carbocycles.